The lowest BCUT2D eigenvalue weighted by Crippen LogP contribution is -2.87. The number of para-hydroxylation sites is 1. The summed E-state index contributed by atoms with van der Waals surface area (Å²) < 4.78 is 0. The normalized spacial score (nSPS) is 20.0. The third kappa shape index (κ3) is 3.51. The van der Waals surface area contributed by atoms with Crippen LogP contribution in [0.15, 0.2) is 96.2 Å². The predicted octanol–water partition coefficient (Wildman–Crippen LogP) is 5.51. The molecule has 4 heteroatoms. The van der Waals surface area contributed by atoms with Crippen molar-refractivity contribution in [2.75, 3.05) is 4.90 Å². The van der Waals surface area contributed by atoms with Crippen LogP contribution in [0.25, 0.3) is 0 Å². The fourth-order valence-corrected chi connectivity index (χ4v) is 17.9. The van der Waals surface area contributed by atoms with Crippen LogP contribution in [0.1, 0.15) is 58.9 Å². The number of hydrogen-bond acceptors (Lipinski definition) is 1. The Morgan fingerprint density at radius 2 is 1.40 bits per heavy atom. The first-order chi connectivity index (χ1) is 20.8. The maximum atomic E-state index is 2.67. The van der Waals surface area contributed by atoms with Crippen molar-refractivity contribution in [1.82, 2.24) is 0 Å². The Kier molecular flexibility index (Phi) is 6.04. The van der Waals surface area contributed by atoms with Gasteiger partial charge in [0.05, 0.1) is 0 Å². The van der Waals surface area contributed by atoms with Crippen LogP contribution in [0.5, 0.6) is 0 Å². The Balaban J connectivity index is 1.38. The molecular weight excluding hydrogens is 549 g/mol. The van der Waals surface area contributed by atoms with E-state index >= 15 is 0 Å². The van der Waals surface area contributed by atoms with Crippen molar-refractivity contribution < 1.29 is 0 Å². The summed E-state index contributed by atoms with van der Waals surface area (Å²) in [5, 5.41) is 6.75. The summed E-state index contributed by atoms with van der Waals surface area (Å²) in [6.45, 7) is 15.4. The van der Waals surface area contributed by atoms with Crippen molar-refractivity contribution in [3.05, 3.63) is 102 Å². The van der Waals surface area contributed by atoms with Crippen LogP contribution >= 0.6 is 0 Å². The van der Waals surface area contributed by atoms with E-state index < -0.39 is 16.1 Å². The molecule has 43 heavy (non-hydrogen) atoms. The fraction of sp³-hybridized carbons (Fsp3) is 0.333. The number of allylic oxidation sites excluding steroid dienone is 2. The minimum Gasteiger partial charge on any atom is -0.314 e. The molecule has 0 aromatic heterocycles. The molecule has 0 saturated carbocycles. The second-order valence-electron chi connectivity index (χ2n) is 14.6. The summed E-state index contributed by atoms with van der Waals surface area (Å²) in [4.78, 5) is 2.67. The molecule has 0 amide bonds. The third-order valence-electron chi connectivity index (χ3n) is 12.1. The third-order valence-corrected chi connectivity index (χ3v) is 21.1. The van der Waals surface area contributed by atoms with Crippen LogP contribution in [0, 0.1) is 0 Å². The molecular formula is C39H44BNSi2. The van der Waals surface area contributed by atoms with Gasteiger partial charge in [0.1, 0.15) is 16.1 Å². The highest BCUT2D eigenvalue weighted by Gasteiger charge is 2.51. The van der Waals surface area contributed by atoms with Gasteiger partial charge in [0.2, 0.25) is 6.71 Å². The van der Waals surface area contributed by atoms with Crippen LogP contribution < -0.4 is 42.0 Å². The first-order valence-corrected chi connectivity index (χ1v) is 22.2. The minimum absolute atomic E-state index is 0.0845. The van der Waals surface area contributed by atoms with E-state index in [-0.39, 0.29) is 5.41 Å². The number of rotatable bonds is 3. The second-order valence-corrected chi connectivity index (χ2v) is 23.6. The number of benzene rings is 4. The van der Waals surface area contributed by atoms with Gasteiger partial charge in [-0.05, 0) is 55.0 Å². The Bertz CT molecular complexity index is 1830. The monoisotopic (exact) mass is 593 g/mol. The molecule has 0 spiro atoms. The maximum absolute atomic E-state index is 2.67. The molecule has 0 bridgehead atoms. The summed E-state index contributed by atoms with van der Waals surface area (Å²) in [6.07, 6.45) is 4.99. The molecule has 1 aliphatic carbocycles. The molecule has 1 nitrogen and oxygen atoms in total. The summed E-state index contributed by atoms with van der Waals surface area (Å²) in [5.74, 6) is 0. The lowest BCUT2D eigenvalue weighted by molar-refractivity contribution is 0.517. The summed E-state index contributed by atoms with van der Waals surface area (Å²) in [5.41, 5.74) is 12.4. The zero-order valence-corrected chi connectivity index (χ0v) is 28.9. The smallest absolute Gasteiger partial charge is 0.240 e. The van der Waals surface area contributed by atoms with Gasteiger partial charge in [0.15, 0.2) is 0 Å². The van der Waals surface area contributed by atoms with Gasteiger partial charge in [-0.25, -0.2) is 0 Å². The minimum atomic E-state index is -1.98. The van der Waals surface area contributed by atoms with E-state index in [1.165, 1.54) is 54.7 Å². The van der Waals surface area contributed by atoms with Crippen LogP contribution in [0.2, 0.25) is 25.2 Å². The van der Waals surface area contributed by atoms with Gasteiger partial charge in [-0.1, -0.05) is 157 Å². The molecule has 4 aliphatic rings. The highest BCUT2D eigenvalue weighted by molar-refractivity contribution is 7.21. The lowest BCUT2D eigenvalue weighted by Gasteiger charge is -2.48. The van der Waals surface area contributed by atoms with E-state index in [1.807, 2.05) is 0 Å². The first kappa shape index (κ1) is 27.5. The highest BCUT2D eigenvalue weighted by atomic mass is 28.3. The van der Waals surface area contributed by atoms with Crippen molar-refractivity contribution in [3.8, 4) is 0 Å². The van der Waals surface area contributed by atoms with Gasteiger partial charge in [-0.15, -0.1) is 0 Å². The van der Waals surface area contributed by atoms with E-state index in [0.717, 1.165) is 0 Å². The molecule has 4 aromatic carbocycles. The molecule has 0 atom stereocenters. The van der Waals surface area contributed by atoms with Gasteiger partial charge in [-0.3, -0.25) is 0 Å². The summed E-state index contributed by atoms with van der Waals surface area (Å²) in [6, 6.07) is 36.5. The topological polar surface area (TPSA) is 3.24 Å². The van der Waals surface area contributed by atoms with Gasteiger partial charge < -0.3 is 4.90 Å². The summed E-state index contributed by atoms with van der Waals surface area (Å²) >= 11 is 0. The quantitative estimate of drug-likeness (QED) is 0.283. The van der Waals surface area contributed by atoms with E-state index in [2.05, 4.69) is 131 Å². The zero-order chi connectivity index (χ0) is 29.7. The van der Waals surface area contributed by atoms with E-state index in [0.29, 0.717) is 6.71 Å². The van der Waals surface area contributed by atoms with Gasteiger partial charge >= 0.3 is 0 Å². The van der Waals surface area contributed by atoms with Crippen LogP contribution in [0.4, 0.5) is 11.4 Å². The SMILES string of the molecule is CC[Si]1(CC)c2ccccc2B2c3ccc(N4C5=C(CCCC5)C(C)(C)c5ccccc54)cc3[Si](C)(C)c3cccc1c32. The van der Waals surface area contributed by atoms with Crippen molar-refractivity contribution >= 4 is 71.4 Å². The molecule has 4 aromatic rings. The highest BCUT2D eigenvalue weighted by Crippen LogP contribution is 2.52. The molecule has 216 valence electrons. The average Bonchev–Trinajstić information content (AvgIpc) is 3.03. The molecule has 0 N–H and O–H groups in total. The van der Waals surface area contributed by atoms with E-state index in [9.17, 15) is 0 Å². The lowest BCUT2D eigenvalue weighted by atomic mass is 9.36. The maximum Gasteiger partial charge on any atom is 0.240 e. The second kappa shape index (κ2) is 9.46. The average molecular weight is 594 g/mol. The van der Waals surface area contributed by atoms with Gasteiger partial charge in [-0.2, -0.15) is 0 Å². The molecule has 0 unspecified atom stereocenters. The number of fused-ring (bicyclic) bond motifs is 5. The molecule has 0 fully saturated rings. The van der Waals surface area contributed by atoms with Crippen molar-refractivity contribution in [1.29, 1.82) is 0 Å². The van der Waals surface area contributed by atoms with Gasteiger partial charge in [0.25, 0.3) is 0 Å². The summed E-state index contributed by atoms with van der Waals surface area (Å²) in [7, 11) is -3.79. The Hall–Kier alpha value is -3.08. The zero-order valence-electron chi connectivity index (χ0n) is 26.9. The number of nitrogens with zero attached hydrogens (tertiary/aromatic N) is 1. The van der Waals surface area contributed by atoms with Crippen LogP contribution in [0.3, 0.4) is 0 Å². The Morgan fingerprint density at radius 1 is 0.721 bits per heavy atom. The molecule has 0 saturated heterocycles. The van der Waals surface area contributed by atoms with Crippen LogP contribution in [-0.2, 0) is 5.41 Å². The Morgan fingerprint density at radius 3 is 2.21 bits per heavy atom. The van der Waals surface area contributed by atoms with Crippen molar-refractivity contribution in [3.63, 3.8) is 0 Å². The fourth-order valence-electron chi connectivity index (χ4n) is 9.89. The number of anilines is 2. The van der Waals surface area contributed by atoms with E-state index in [4.69, 9.17) is 0 Å². The first-order valence-electron chi connectivity index (χ1n) is 16.8. The molecule has 0 radical (unpaired) electrons. The number of hydrogen-bond donors (Lipinski definition) is 0. The standard InChI is InChI=1S/C39H44BNSi2/c1-7-43(8-2)34-21-14-11-18-30(34)40-31-25-24-27(26-37(31)42(5,6)35-22-15-23-36(43)38(35)40)41-32-19-12-9-16-28(32)39(3,4)29-17-10-13-20-33(29)41/h9,11-12,14-16,18-19,21-26H,7-8,10,13,17,20H2,1-6H3. The Labute approximate surface area is 261 Å². The van der Waals surface area contributed by atoms with Crippen molar-refractivity contribution in [2.24, 2.45) is 0 Å². The molecule has 3 heterocycles. The largest absolute Gasteiger partial charge is 0.314 e. The van der Waals surface area contributed by atoms with Crippen LogP contribution in [-0.4, -0.2) is 22.9 Å². The molecule has 3 aliphatic heterocycles. The predicted molar refractivity (Wildman–Crippen MR) is 194 cm³/mol. The van der Waals surface area contributed by atoms with Crippen molar-refractivity contribution in [2.45, 2.75) is 84.0 Å². The van der Waals surface area contributed by atoms with Gasteiger partial charge in [0, 0.05) is 22.5 Å². The molecule has 8 rings (SSSR count). The van der Waals surface area contributed by atoms with E-state index in [1.54, 1.807) is 48.4 Å².